The van der Waals surface area contributed by atoms with E-state index < -0.39 is 0 Å². The molecule has 0 atom stereocenters. The summed E-state index contributed by atoms with van der Waals surface area (Å²) in [6.07, 6.45) is 8.06. The molecule has 5 heteroatoms. The van der Waals surface area contributed by atoms with E-state index in [4.69, 9.17) is 4.74 Å². The smallest absolute Gasteiger partial charge is 0.204 e. The van der Waals surface area contributed by atoms with Gasteiger partial charge in [-0.3, -0.25) is 5.43 Å². The van der Waals surface area contributed by atoms with Crippen molar-refractivity contribution in [2.24, 2.45) is 5.10 Å². The summed E-state index contributed by atoms with van der Waals surface area (Å²) in [6.45, 7) is 3.02. The average molecular weight is 368 g/mol. The quantitative estimate of drug-likeness (QED) is 0.268. The minimum Gasteiger partial charge on any atom is -0.494 e. The maximum atomic E-state index is 5.78. The van der Waals surface area contributed by atoms with E-state index in [1.165, 1.54) is 25.7 Å². The summed E-state index contributed by atoms with van der Waals surface area (Å²) < 4.78 is 6.93. The highest BCUT2D eigenvalue weighted by Crippen LogP contribution is 2.25. The fourth-order valence-electron chi connectivity index (χ4n) is 2.63. The molecule has 0 aliphatic rings. The van der Waals surface area contributed by atoms with E-state index in [-0.39, 0.29) is 0 Å². The van der Waals surface area contributed by atoms with E-state index in [1.807, 2.05) is 42.5 Å². The Balaban J connectivity index is 1.44. The standard InChI is InChI=1S/C21H25N3OS/c1-2-3-4-5-8-15-25-18-13-11-17(12-14-18)16-22-24-21-23-19-9-6-7-10-20(19)26-21/h6-7,9-14,16H,2-5,8,15H2,1H3,(H,23,24)/b22-16+. The highest BCUT2D eigenvalue weighted by atomic mass is 32.1. The molecule has 0 spiro atoms. The average Bonchev–Trinajstić information content (AvgIpc) is 3.08. The van der Waals surface area contributed by atoms with E-state index >= 15 is 0 Å². The zero-order valence-corrected chi connectivity index (χ0v) is 16.0. The van der Waals surface area contributed by atoms with Crippen LogP contribution in [0.4, 0.5) is 5.13 Å². The summed E-state index contributed by atoms with van der Waals surface area (Å²) in [5, 5.41) is 5.07. The maximum Gasteiger partial charge on any atom is 0.204 e. The second kappa shape index (κ2) is 9.92. The van der Waals surface area contributed by atoms with Crippen LogP contribution in [0.25, 0.3) is 10.2 Å². The molecular weight excluding hydrogens is 342 g/mol. The summed E-state index contributed by atoms with van der Waals surface area (Å²) in [7, 11) is 0. The van der Waals surface area contributed by atoms with Crippen LogP contribution in [0.2, 0.25) is 0 Å². The van der Waals surface area contributed by atoms with Gasteiger partial charge in [0.05, 0.1) is 23.0 Å². The highest BCUT2D eigenvalue weighted by Gasteiger charge is 2.01. The number of hydrazone groups is 1. The van der Waals surface area contributed by atoms with Gasteiger partial charge < -0.3 is 4.74 Å². The van der Waals surface area contributed by atoms with E-state index in [2.05, 4.69) is 28.5 Å². The third kappa shape index (κ3) is 5.56. The molecule has 2 aromatic carbocycles. The van der Waals surface area contributed by atoms with Gasteiger partial charge in [0.15, 0.2) is 0 Å². The fourth-order valence-corrected chi connectivity index (χ4v) is 3.44. The second-order valence-electron chi connectivity index (χ2n) is 6.19. The Morgan fingerprint density at radius 2 is 1.85 bits per heavy atom. The van der Waals surface area contributed by atoms with Crippen molar-refractivity contribution in [3.63, 3.8) is 0 Å². The van der Waals surface area contributed by atoms with Gasteiger partial charge >= 0.3 is 0 Å². The summed E-state index contributed by atoms with van der Waals surface area (Å²) >= 11 is 1.59. The molecule has 0 fully saturated rings. The van der Waals surface area contributed by atoms with Crippen LogP contribution in [0.5, 0.6) is 5.75 Å². The number of benzene rings is 2. The predicted octanol–water partition coefficient (Wildman–Crippen LogP) is 6.09. The Labute approximate surface area is 158 Å². The number of rotatable bonds is 10. The lowest BCUT2D eigenvalue weighted by Crippen LogP contribution is -1.97. The van der Waals surface area contributed by atoms with Gasteiger partial charge in [-0.1, -0.05) is 56.1 Å². The number of anilines is 1. The third-order valence-corrected chi connectivity index (χ3v) is 5.01. The first-order valence-electron chi connectivity index (χ1n) is 9.22. The number of hydrogen-bond donors (Lipinski definition) is 1. The number of aromatic nitrogens is 1. The Morgan fingerprint density at radius 3 is 2.65 bits per heavy atom. The molecule has 1 heterocycles. The Bertz CT molecular complexity index is 794. The van der Waals surface area contributed by atoms with Gasteiger partial charge in [-0.15, -0.1) is 0 Å². The van der Waals surface area contributed by atoms with Crippen molar-refractivity contribution in [2.45, 2.75) is 39.0 Å². The molecule has 4 nitrogen and oxygen atoms in total. The number of fused-ring (bicyclic) bond motifs is 1. The summed E-state index contributed by atoms with van der Waals surface area (Å²) in [5.74, 6) is 0.914. The van der Waals surface area contributed by atoms with Crippen LogP contribution >= 0.6 is 11.3 Å². The molecule has 136 valence electrons. The summed E-state index contributed by atoms with van der Waals surface area (Å²) in [4.78, 5) is 4.49. The van der Waals surface area contributed by atoms with Gasteiger partial charge in [0.2, 0.25) is 5.13 Å². The van der Waals surface area contributed by atoms with Gasteiger partial charge in [-0.05, 0) is 48.4 Å². The minimum absolute atomic E-state index is 0.788. The Hall–Kier alpha value is -2.40. The van der Waals surface area contributed by atoms with Crippen molar-refractivity contribution in [3.8, 4) is 5.75 Å². The monoisotopic (exact) mass is 367 g/mol. The number of nitrogens with one attached hydrogen (secondary N) is 1. The number of para-hydroxylation sites is 1. The van der Waals surface area contributed by atoms with Gasteiger partial charge in [0, 0.05) is 0 Å². The first kappa shape index (κ1) is 18.4. The molecule has 0 radical (unpaired) electrons. The van der Waals surface area contributed by atoms with Crippen LogP contribution in [0.3, 0.4) is 0 Å². The number of nitrogens with zero attached hydrogens (tertiary/aromatic N) is 2. The zero-order chi connectivity index (χ0) is 18.0. The normalized spacial score (nSPS) is 11.3. The Kier molecular flexibility index (Phi) is 7.02. The van der Waals surface area contributed by atoms with Crippen molar-refractivity contribution in [3.05, 3.63) is 54.1 Å². The van der Waals surface area contributed by atoms with E-state index in [0.29, 0.717) is 0 Å². The molecule has 26 heavy (non-hydrogen) atoms. The van der Waals surface area contributed by atoms with Crippen molar-refractivity contribution < 1.29 is 4.74 Å². The predicted molar refractivity (Wildman–Crippen MR) is 112 cm³/mol. The lowest BCUT2D eigenvalue weighted by molar-refractivity contribution is 0.304. The highest BCUT2D eigenvalue weighted by molar-refractivity contribution is 7.22. The number of ether oxygens (including phenoxy) is 1. The summed E-state index contributed by atoms with van der Waals surface area (Å²) in [6, 6.07) is 16.1. The molecular formula is C21H25N3OS. The SMILES string of the molecule is CCCCCCCOc1ccc(/C=N/Nc2nc3ccccc3s2)cc1. The topological polar surface area (TPSA) is 46.5 Å². The first-order valence-corrected chi connectivity index (χ1v) is 10.0. The third-order valence-electron chi connectivity index (χ3n) is 4.06. The first-order chi connectivity index (χ1) is 12.8. The molecule has 1 aromatic heterocycles. The molecule has 0 saturated heterocycles. The number of unbranched alkanes of at least 4 members (excludes halogenated alkanes) is 4. The van der Waals surface area contributed by atoms with Crippen molar-refractivity contribution in [1.82, 2.24) is 4.98 Å². The van der Waals surface area contributed by atoms with Gasteiger partial charge in [0.25, 0.3) is 0 Å². The molecule has 0 aliphatic carbocycles. The van der Waals surface area contributed by atoms with E-state index in [9.17, 15) is 0 Å². The lowest BCUT2D eigenvalue weighted by Gasteiger charge is -2.06. The van der Waals surface area contributed by atoms with Crippen LogP contribution in [-0.4, -0.2) is 17.8 Å². The molecule has 1 N–H and O–H groups in total. The number of hydrogen-bond acceptors (Lipinski definition) is 5. The molecule has 3 aromatic rings. The molecule has 0 saturated carbocycles. The maximum absolute atomic E-state index is 5.78. The Morgan fingerprint density at radius 1 is 1.04 bits per heavy atom. The van der Waals surface area contributed by atoms with Crippen LogP contribution in [0.15, 0.2) is 53.6 Å². The molecule has 0 amide bonds. The van der Waals surface area contributed by atoms with Crippen LogP contribution < -0.4 is 10.2 Å². The van der Waals surface area contributed by atoms with Crippen LogP contribution in [0, 0.1) is 0 Å². The van der Waals surface area contributed by atoms with Gasteiger partial charge in [-0.2, -0.15) is 5.10 Å². The number of thiazole rings is 1. The van der Waals surface area contributed by atoms with Gasteiger partial charge in [0.1, 0.15) is 5.75 Å². The minimum atomic E-state index is 0.788. The molecule has 0 unspecified atom stereocenters. The largest absolute Gasteiger partial charge is 0.494 e. The van der Waals surface area contributed by atoms with Crippen molar-refractivity contribution >= 4 is 32.9 Å². The summed E-state index contributed by atoms with van der Waals surface area (Å²) in [5.41, 5.74) is 5.02. The van der Waals surface area contributed by atoms with E-state index in [0.717, 1.165) is 39.7 Å². The fraction of sp³-hybridized carbons (Fsp3) is 0.333. The van der Waals surface area contributed by atoms with E-state index in [1.54, 1.807) is 17.6 Å². The molecule has 0 bridgehead atoms. The molecule has 0 aliphatic heterocycles. The van der Waals surface area contributed by atoms with Gasteiger partial charge in [-0.25, -0.2) is 4.98 Å². The second-order valence-corrected chi connectivity index (χ2v) is 7.22. The van der Waals surface area contributed by atoms with Crippen LogP contribution in [-0.2, 0) is 0 Å². The molecule has 3 rings (SSSR count). The lowest BCUT2D eigenvalue weighted by atomic mass is 10.2. The van der Waals surface area contributed by atoms with Crippen molar-refractivity contribution in [2.75, 3.05) is 12.0 Å². The van der Waals surface area contributed by atoms with Crippen molar-refractivity contribution in [1.29, 1.82) is 0 Å². The van der Waals surface area contributed by atoms with Crippen LogP contribution in [0.1, 0.15) is 44.6 Å². The zero-order valence-electron chi connectivity index (χ0n) is 15.1.